The van der Waals surface area contributed by atoms with Gasteiger partial charge in [0.25, 0.3) is 0 Å². The van der Waals surface area contributed by atoms with E-state index in [1.54, 1.807) is 0 Å². The van der Waals surface area contributed by atoms with Gasteiger partial charge in [0.2, 0.25) is 0 Å². The van der Waals surface area contributed by atoms with E-state index in [0.717, 1.165) is 12.6 Å². The molecule has 1 aromatic carbocycles. The van der Waals surface area contributed by atoms with Crippen LogP contribution in [0.1, 0.15) is 5.56 Å². The first-order valence-electron chi connectivity index (χ1n) is 5.64. The number of hydrogen-bond donors (Lipinski definition) is 0. The molecule has 0 spiro atoms. The summed E-state index contributed by atoms with van der Waals surface area (Å²) in [5.74, 6) is 0.253. The number of benzene rings is 1. The average molecular weight is 270 g/mol. The molecule has 0 aliphatic rings. The normalized spacial score (nSPS) is 9.33. The van der Waals surface area contributed by atoms with Crippen LogP contribution in [0, 0.1) is 0 Å². The fourth-order valence-electron chi connectivity index (χ4n) is 0.955. The molecule has 1 rings (SSSR count). The van der Waals surface area contributed by atoms with Crippen molar-refractivity contribution in [1.82, 2.24) is 4.90 Å². The Morgan fingerprint density at radius 1 is 1.39 bits per heavy atom. The molecule has 100 valence electrons. The van der Waals surface area contributed by atoms with Crippen molar-refractivity contribution < 1.29 is 9.53 Å². The average Bonchev–Trinajstić information content (AvgIpc) is 2.39. The highest BCUT2D eigenvalue weighted by Crippen LogP contribution is 2.00. The van der Waals surface area contributed by atoms with Gasteiger partial charge < -0.3 is 9.64 Å². The number of carbonyl (C=O) groups is 1. The van der Waals surface area contributed by atoms with Gasteiger partial charge in [0.05, 0.1) is 0 Å². The number of esters is 1. The van der Waals surface area contributed by atoms with Gasteiger partial charge in [-0.3, -0.25) is 0 Å². The highest BCUT2D eigenvalue weighted by Gasteiger charge is 1.94. The molecule has 4 heteroatoms. The van der Waals surface area contributed by atoms with Gasteiger partial charge in [0.15, 0.2) is 0 Å². The molecule has 0 amide bonds. The number of rotatable bonds is 5. The Morgan fingerprint density at radius 3 is 2.39 bits per heavy atom. The minimum atomic E-state index is -0.359. The second-order valence-corrected chi connectivity index (χ2v) is 4.06. The van der Waals surface area contributed by atoms with Gasteiger partial charge in [-0.15, -0.1) is 11.6 Å². The molecule has 0 saturated carbocycles. The number of carbonyl (C=O) groups excluding carboxylic acids is 1. The second-order valence-electron chi connectivity index (χ2n) is 3.79. The minimum Gasteiger partial charge on any atom is -0.461 e. The molecule has 0 heterocycles. The summed E-state index contributed by atoms with van der Waals surface area (Å²) in [5.41, 5.74) is 1.18. The molecule has 0 atom stereocenters. The fourth-order valence-corrected chi connectivity index (χ4v) is 1.13. The van der Waals surface area contributed by atoms with Crippen LogP contribution in [-0.4, -0.2) is 38.1 Å². The lowest BCUT2D eigenvalue weighted by molar-refractivity contribution is -0.137. The van der Waals surface area contributed by atoms with E-state index in [1.165, 1.54) is 5.56 Å². The maximum absolute atomic E-state index is 10.4. The first-order valence-corrected chi connectivity index (χ1v) is 6.17. The van der Waals surface area contributed by atoms with Crippen molar-refractivity contribution in [3.05, 3.63) is 48.6 Å². The highest BCUT2D eigenvalue weighted by atomic mass is 35.5. The fraction of sp³-hybridized carbons (Fsp3) is 0.357. The molecule has 0 aliphatic carbocycles. The van der Waals surface area contributed by atoms with E-state index >= 15 is 0 Å². The zero-order chi connectivity index (χ0) is 13.8. The van der Waals surface area contributed by atoms with E-state index in [-0.39, 0.29) is 5.97 Å². The van der Waals surface area contributed by atoms with Gasteiger partial charge in [-0.25, -0.2) is 4.79 Å². The lowest BCUT2D eigenvalue weighted by atomic mass is 10.2. The summed E-state index contributed by atoms with van der Waals surface area (Å²) < 4.78 is 4.70. The van der Waals surface area contributed by atoms with Crippen molar-refractivity contribution >= 4 is 17.6 Å². The number of hydrogen-bond acceptors (Lipinski definition) is 3. The van der Waals surface area contributed by atoms with Crippen molar-refractivity contribution in [3.8, 4) is 0 Å². The smallest absolute Gasteiger partial charge is 0.330 e. The summed E-state index contributed by atoms with van der Waals surface area (Å²) >= 11 is 5.53. The molecule has 0 N–H and O–H groups in total. The van der Waals surface area contributed by atoms with Gasteiger partial charge in [0.1, 0.15) is 6.61 Å². The van der Waals surface area contributed by atoms with Gasteiger partial charge >= 0.3 is 5.97 Å². The van der Waals surface area contributed by atoms with Gasteiger partial charge in [-0.05, 0) is 19.7 Å². The lowest BCUT2D eigenvalue weighted by Gasteiger charge is -2.07. The van der Waals surface area contributed by atoms with Crippen molar-refractivity contribution in [1.29, 1.82) is 0 Å². The van der Waals surface area contributed by atoms with E-state index in [2.05, 4.69) is 6.58 Å². The zero-order valence-corrected chi connectivity index (χ0v) is 11.7. The van der Waals surface area contributed by atoms with Gasteiger partial charge in [0, 0.05) is 18.5 Å². The Morgan fingerprint density at radius 2 is 2.00 bits per heavy atom. The Balaban J connectivity index is 0.000000327. The monoisotopic (exact) mass is 269 g/mol. The third-order valence-corrected chi connectivity index (χ3v) is 2.26. The molecule has 0 radical (unpaired) electrons. The molecule has 0 bridgehead atoms. The molecule has 0 saturated heterocycles. The van der Waals surface area contributed by atoms with Crippen LogP contribution in [0.3, 0.4) is 0 Å². The second kappa shape index (κ2) is 10.8. The lowest BCUT2D eigenvalue weighted by Crippen LogP contribution is -2.19. The van der Waals surface area contributed by atoms with Crippen LogP contribution in [0.4, 0.5) is 0 Å². The molecule has 1 aromatic rings. The third kappa shape index (κ3) is 9.87. The molecular formula is C14H20ClNO2. The molecule has 0 fully saturated rings. The molecular weight excluding hydrogens is 250 g/mol. The van der Waals surface area contributed by atoms with Gasteiger partial charge in [-0.2, -0.15) is 0 Å². The number of likely N-dealkylation sites (N-methyl/N-ethyl adjacent to an activating group) is 1. The topological polar surface area (TPSA) is 29.5 Å². The van der Waals surface area contributed by atoms with Crippen LogP contribution >= 0.6 is 11.6 Å². The van der Waals surface area contributed by atoms with E-state index in [9.17, 15) is 4.79 Å². The van der Waals surface area contributed by atoms with Gasteiger partial charge in [-0.1, -0.05) is 36.9 Å². The maximum atomic E-state index is 10.4. The van der Waals surface area contributed by atoms with Crippen LogP contribution in [0.2, 0.25) is 0 Å². The SMILES string of the molecule is C=CC(=O)OCCN(C)C.ClCc1ccccc1. The predicted molar refractivity (Wildman–Crippen MR) is 75.7 cm³/mol. The summed E-state index contributed by atoms with van der Waals surface area (Å²) in [7, 11) is 3.84. The third-order valence-electron chi connectivity index (χ3n) is 1.95. The Labute approximate surface area is 114 Å². The van der Waals surface area contributed by atoms with Crippen LogP contribution in [0.15, 0.2) is 43.0 Å². The summed E-state index contributed by atoms with van der Waals surface area (Å²) in [6.07, 6.45) is 1.16. The largest absolute Gasteiger partial charge is 0.461 e. The Hall–Kier alpha value is -1.32. The first kappa shape index (κ1) is 16.7. The zero-order valence-electron chi connectivity index (χ0n) is 10.9. The van der Waals surface area contributed by atoms with Crippen molar-refractivity contribution in [2.75, 3.05) is 27.2 Å². The van der Waals surface area contributed by atoms with E-state index in [4.69, 9.17) is 16.3 Å². The van der Waals surface area contributed by atoms with Crippen LogP contribution in [-0.2, 0) is 15.4 Å². The van der Waals surface area contributed by atoms with Crippen LogP contribution in [0.25, 0.3) is 0 Å². The molecule has 0 aliphatic heterocycles. The summed E-state index contributed by atoms with van der Waals surface area (Å²) in [6, 6.07) is 9.96. The first-order chi connectivity index (χ1) is 8.60. The molecule has 3 nitrogen and oxygen atoms in total. The quantitative estimate of drug-likeness (QED) is 0.468. The van der Waals surface area contributed by atoms with Crippen molar-refractivity contribution in [2.24, 2.45) is 0 Å². The number of ether oxygens (including phenoxy) is 1. The number of nitrogens with zero attached hydrogens (tertiary/aromatic N) is 1. The summed E-state index contributed by atoms with van der Waals surface area (Å²) in [4.78, 5) is 12.4. The standard InChI is InChI=1S/C7H7Cl.C7H13NO2/c8-6-7-4-2-1-3-5-7;1-4-7(9)10-6-5-8(2)3/h1-5H,6H2;4H,1,5-6H2,2-3H3. The molecule has 0 aromatic heterocycles. The summed E-state index contributed by atoms with van der Waals surface area (Å²) in [5, 5.41) is 0. The van der Waals surface area contributed by atoms with Crippen LogP contribution in [0.5, 0.6) is 0 Å². The predicted octanol–water partition coefficient (Wildman–Crippen LogP) is 2.70. The Bertz CT molecular complexity index is 339. The van der Waals surface area contributed by atoms with Crippen LogP contribution < -0.4 is 0 Å². The molecule has 18 heavy (non-hydrogen) atoms. The number of halogens is 1. The Kier molecular flexibility index (Phi) is 10.0. The number of alkyl halides is 1. The molecule has 0 unspecified atom stereocenters. The minimum absolute atomic E-state index is 0.359. The van der Waals surface area contributed by atoms with E-state index < -0.39 is 0 Å². The maximum Gasteiger partial charge on any atom is 0.330 e. The van der Waals surface area contributed by atoms with Crippen molar-refractivity contribution in [3.63, 3.8) is 0 Å². The summed E-state index contributed by atoms with van der Waals surface area (Å²) in [6.45, 7) is 4.45. The highest BCUT2D eigenvalue weighted by molar-refractivity contribution is 6.17. The van der Waals surface area contributed by atoms with E-state index in [0.29, 0.717) is 12.5 Å². The van der Waals surface area contributed by atoms with E-state index in [1.807, 2.05) is 49.3 Å². The van der Waals surface area contributed by atoms with Crippen molar-refractivity contribution in [2.45, 2.75) is 5.88 Å².